The summed E-state index contributed by atoms with van der Waals surface area (Å²) in [5.41, 5.74) is 4.88. The summed E-state index contributed by atoms with van der Waals surface area (Å²) >= 11 is 0. The van der Waals surface area contributed by atoms with Crippen LogP contribution in [-0.2, 0) is 14.8 Å². The summed E-state index contributed by atoms with van der Waals surface area (Å²) in [6.07, 6.45) is 4.22. The van der Waals surface area contributed by atoms with Crippen molar-refractivity contribution in [2.24, 2.45) is 11.1 Å². The van der Waals surface area contributed by atoms with Gasteiger partial charge in [0.15, 0.2) is 0 Å². The summed E-state index contributed by atoms with van der Waals surface area (Å²) in [4.78, 5) is 11.6. The second-order valence-electron chi connectivity index (χ2n) is 3.89. The van der Waals surface area contributed by atoms with Crippen molar-refractivity contribution in [3.05, 3.63) is 0 Å². The summed E-state index contributed by atoms with van der Waals surface area (Å²) in [6, 6.07) is 0. The van der Waals surface area contributed by atoms with E-state index in [0.717, 1.165) is 19.1 Å². The van der Waals surface area contributed by atoms with Crippen LogP contribution in [0.5, 0.6) is 0 Å². The number of carbonyl (C=O) groups is 1. The number of nitrogens with two attached hydrogens (primary N) is 1. The van der Waals surface area contributed by atoms with Gasteiger partial charge in [0.1, 0.15) is 0 Å². The van der Waals surface area contributed by atoms with Gasteiger partial charge in [-0.3, -0.25) is 9.52 Å². The summed E-state index contributed by atoms with van der Waals surface area (Å²) < 4.78 is 23.8. The molecular formula is C8H16N2O3S. The van der Waals surface area contributed by atoms with Crippen LogP contribution >= 0.6 is 0 Å². The minimum absolute atomic E-state index is 0.217. The Morgan fingerprint density at radius 1 is 1.43 bits per heavy atom. The van der Waals surface area contributed by atoms with Crippen LogP contribution < -0.4 is 10.5 Å². The fourth-order valence-electron chi connectivity index (χ4n) is 1.85. The van der Waals surface area contributed by atoms with Crippen LogP contribution in [-0.4, -0.2) is 27.1 Å². The molecule has 0 atom stereocenters. The Bertz CT molecular complexity index is 317. The third-order valence-corrected chi connectivity index (χ3v) is 3.27. The highest BCUT2D eigenvalue weighted by atomic mass is 32.2. The van der Waals surface area contributed by atoms with Crippen LogP contribution in [0.4, 0.5) is 0 Å². The second kappa shape index (κ2) is 3.86. The lowest BCUT2D eigenvalue weighted by molar-refractivity contribution is -0.128. The number of rotatable bonds is 3. The van der Waals surface area contributed by atoms with Gasteiger partial charge in [-0.15, -0.1) is 0 Å². The Morgan fingerprint density at radius 2 is 1.93 bits per heavy atom. The molecule has 0 saturated heterocycles. The lowest BCUT2D eigenvalue weighted by atomic mass is 9.86. The lowest BCUT2D eigenvalue weighted by Gasteiger charge is -2.24. The van der Waals surface area contributed by atoms with E-state index in [0.29, 0.717) is 12.8 Å². The minimum Gasteiger partial charge on any atom is -0.329 e. The highest BCUT2D eigenvalue weighted by Gasteiger charge is 2.40. The molecule has 0 unspecified atom stereocenters. The molecule has 0 aromatic heterocycles. The molecule has 0 spiro atoms. The van der Waals surface area contributed by atoms with Gasteiger partial charge in [0.05, 0.1) is 11.7 Å². The first-order valence-corrected chi connectivity index (χ1v) is 6.51. The van der Waals surface area contributed by atoms with E-state index in [1.165, 1.54) is 0 Å². The van der Waals surface area contributed by atoms with E-state index in [2.05, 4.69) is 0 Å². The van der Waals surface area contributed by atoms with Crippen molar-refractivity contribution in [2.75, 3.05) is 12.8 Å². The SMILES string of the molecule is CS(=O)(=O)NC(=O)C1(CN)CCCC1. The maximum atomic E-state index is 11.6. The van der Waals surface area contributed by atoms with Crippen LogP contribution in [0.25, 0.3) is 0 Å². The van der Waals surface area contributed by atoms with Gasteiger partial charge in [-0.05, 0) is 12.8 Å². The van der Waals surface area contributed by atoms with E-state index in [1.54, 1.807) is 0 Å². The quantitative estimate of drug-likeness (QED) is 0.676. The van der Waals surface area contributed by atoms with Crippen molar-refractivity contribution in [1.29, 1.82) is 0 Å². The van der Waals surface area contributed by atoms with E-state index in [-0.39, 0.29) is 6.54 Å². The van der Waals surface area contributed by atoms with Gasteiger partial charge < -0.3 is 5.73 Å². The Labute approximate surface area is 84.1 Å². The molecule has 5 nitrogen and oxygen atoms in total. The maximum Gasteiger partial charge on any atom is 0.240 e. The molecule has 0 heterocycles. The molecule has 3 N–H and O–H groups in total. The molecule has 0 aromatic carbocycles. The number of hydrogen-bond acceptors (Lipinski definition) is 4. The van der Waals surface area contributed by atoms with E-state index in [9.17, 15) is 13.2 Å². The van der Waals surface area contributed by atoms with Crippen LogP contribution in [0, 0.1) is 5.41 Å². The van der Waals surface area contributed by atoms with Gasteiger partial charge in [0.2, 0.25) is 15.9 Å². The maximum absolute atomic E-state index is 11.6. The lowest BCUT2D eigenvalue weighted by Crippen LogP contribution is -2.45. The van der Waals surface area contributed by atoms with Gasteiger partial charge in [0, 0.05) is 6.54 Å². The first-order valence-electron chi connectivity index (χ1n) is 4.62. The molecule has 0 radical (unpaired) electrons. The third kappa shape index (κ3) is 2.45. The Hall–Kier alpha value is -0.620. The van der Waals surface area contributed by atoms with Gasteiger partial charge in [-0.2, -0.15) is 0 Å². The van der Waals surface area contributed by atoms with Crippen molar-refractivity contribution in [3.63, 3.8) is 0 Å². The van der Waals surface area contributed by atoms with E-state index >= 15 is 0 Å². The Balaban J connectivity index is 2.76. The van der Waals surface area contributed by atoms with Gasteiger partial charge in [0.25, 0.3) is 0 Å². The zero-order valence-corrected chi connectivity index (χ0v) is 9.06. The summed E-state index contributed by atoms with van der Waals surface area (Å²) in [7, 11) is -3.46. The van der Waals surface area contributed by atoms with E-state index < -0.39 is 21.3 Å². The number of hydrogen-bond donors (Lipinski definition) is 2. The predicted molar refractivity (Wildman–Crippen MR) is 52.9 cm³/mol. The van der Waals surface area contributed by atoms with E-state index in [4.69, 9.17) is 5.73 Å². The molecule has 0 bridgehead atoms. The number of nitrogens with one attached hydrogen (secondary N) is 1. The average Bonchev–Trinajstić information content (AvgIpc) is 2.49. The van der Waals surface area contributed by atoms with Crippen molar-refractivity contribution in [3.8, 4) is 0 Å². The summed E-state index contributed by atoms with van der Waals surface area (Å²) in [6.45, 7) is 0.217. The first-order chi connectivity index (χ1) is 6.40. The fourth-order valence-corrected chi connectivity index (χ4v) is 2.41. The normalized spacial score (nSPS) is 20.7. The molecule has 82 valence electrons. The minimum atomic E-state index is -3.46. The monoisotopic (exact) mass is 220 g/mol. The van der Waals surface area contributed by atoms with Gasteiger partial charge in [-0.25, -0.2) is 8.42 Å². The highest BCUT2D eigenvalue weighted by Crippen LogP contribution is 2.37. The molecule has 1 fully saturated rings. The average molecular weight is 220 g/mol. The summed E-state index contributed by atoms with van der Waals surface area (Å²) in [5, 5.41) is 0. The zero-order valence-electron chi connectivity index (χ0n) is 8.25. The first kappa shape index (κ1) is 11.5. The molecule has 1 saturated carbocycles. The molecule has 14 heavy (non-hydrogen) atoms. The molecule has 1 aliphatic carbocycles. The molecule has 0 aromatic rings. The number of carbonyl (C=O) groups excluding carboxylic acids is 1. The zero-order chi connectivity index (χ0) is 10.8. The number of amides is 1. The topological polar surface area (TPSA) is 89.3 Å². The highest BCUT2D eigenvalue weighted by molar-refractivity contribution is 7.89. The fraction of sp³-hybridized carbons (Fsp3) is 0.875. The molecule has 6 heteroatoms. The second-order valence-corrected chi connectivity index (χ2v) is 5.64. The molecule has 1 rings (SSSR count). The summed E-state index contributed by atoms with van der Waals surface area (Å²) in [5.74, 6) is -0.444. The van der Waals surface area contributed by atoms with E-state index in [1.807, 2.05) is 4.72 Å². The van der Waals surface area contributed by atoms with Gasteiger partial charge in [-0.1, -0.05) is 12.8 Å². The van der Waals surface area contributed by atoms with Crippen LogP contribution in [0.15, 0.2) is 0 Å². The smallest absolute Gasteiger partial charge is 0.240 e. The Kier molecular flexibility index (Phi) is 3.16. The molecular weight excluding hydrogens is 204 g/mol. The molecule has 1 amide bonds. The van der Waals surface area contributed by atoms with Crippen LogP contribution in [0.3, 0.4) is 0 Å². The van der Waals surface area contributed by atoms with Crippen molar-refractivity contribution < 1.29 is 13.2 Å². The Morgan fingerprint density at radius 3 is 2.29 bits per heavy atom. The van der Waals surface area contributed by atoms with Crippen molar-refractivity contribution in [1.82, 2.24) is 4.72 Å². The predicted octanol–water partition coefficient (Wildman–Crippen LogP) is -0.419. The van der Waals surface area contributed by atoms with Gasteiger partial charge >= 0.3 is 0 Å². The molecule has 1 aliphatic rings. The third-order valence-electron chi connectivity index (χ3n) is 2.71. The molecule has 0 aliphatic heterocycles. The van der Waals surface area contributed by atoms with Crippen molar-refractivity contribution in [2.45, 2.75) is 25.7 Å². The van der Waals surface area contributed by atoms with Crippen LogP contribution in [0.2, 0.25) is 0 Å². The van der Waals surface area contributed by atoms with Crippen LogP contribution in [0.1, 0.15) is 25.7 Å². The largest absolute Gasteiger partial charge is 0.329 e. The van der Waals surface area contributed by atoms with Crippen molar-refractivity contribution >= 4 is 15.9 Å². The number of sulfonamides is 1. The standard InChI is InChI=1S/C8H16N2O3S/c1-14(12,13)10-7(11)8(6-9)4-2-3-5-8/h2-6,9H2,1H3,(H,10,11).